The van der Waals surface area contributed by atoms with E-state index in [1.165, 1.54) is 0 Å². The van der Waals surface area contributed by atoms with Crippen LogP contribution in [0.1, 0.15) is 35.6 Å². The Balaban J connectivity index is 1.71. The summed E-state index contributed by atoms with van der Waals surface area (Å²) in [6.07, 6.45) is -0.570. The molecule has 154 valence electrons. The van der Waals surface area contributed by atoms with Gasteiger partial charge in [0.25, 0.3) is 5.91 Å². The van der Waals surface area contributed by atoms with Gasteiger partial charge in [0, 0.05) is 0 Å². The first kappa shape index (κ1) is 20.9. The van der Waals surface area contributed by atoms with Gasteiger partial charge in [-0.15, -0.1) is 0 Å². The lowest BCUT2D eigenvalue weighted by molar-refractivity contribution is -0.132. The van der Waals surface area contributed by atoms with Crippen LogP contribution in [-0.4, -0.2) is 41.2 Å². The van der Waals surface area contributed by atoms with E-state index in [-0.39, 0.29) is 19.1 Å². The summed E-state index contributed by atoms with van der Waals surface area (Å²) < 4.78 is 5.83. The van der Waals surface area contributed by atoms with Gasteiger partial charge in [0.15, 0.2) is 0 Å². The van der Waals surface area contributed by atoms with Gasteiger partial charge in [0.1, 0.15) is 24.0 Å². The fraction of sp³-hybridized carbons (Fsp3) is 0.391. The van der Waals surface area contributed by atoms with Gasteiger partial charge in [-0.05, 0) is 49.4 Å². The SMILES string of the molecule is CC[C@@]1(c2ccccc2)NC(=O)N(C[C@@H](O)COc2c(C)ccc(C)c2C)C1=O. The van der Waals surface area contributed by atoms with Crippen molar-refractivity contribution in [2.75, 3.05) is 13.2 Å². The van der Waals surface area contributed by atoms with Gasteiger partial charge >= 0.3 is 6.03 Å². The number of aryl methyl sites for hydroxylation is 2. The highest BCUT2D eigenvalue weighted by Crippen LogP contribution is 2.32. The van der Waals surface area contributed by atoms with E-state index in [1.807, 2.05) is 70.2 Å². The van der Waals surface area contributed by atoms with Crippen LogP contribution in [0.2, 0.25) is 0 Å². The van der Waals surface area contributed by atoms with Crippen LogP contribution in [0.15, 0.2) is 42.5 Å². The molecule has 29 heavy (non-hydrogen) atoms. The molecule has 0 aliphatic carbocycles. The van der Waals surface area contributed by atoms with E-state index in [4.69, 9.17) is 4.74 Å². The summed E-state index contributed by atoms with van der Waals surface area (Å²) in [5.41, 5.74) is 2.73. The van der Waals surface area contributed by atoms with Crippen molar-refractivity contribution in [2.24, 2.45) is 0 Å². The molecule has 3 rings (SSSR count). The van der Waals surface area contributed by atoms with Crippen LogP contribution in [0.4, 0.5) is 4.79 Å². The lowest BCUT2D eigenvalue weighted by Crippen LogP contribution is -2.44. The van der Waals surface area contributed by atoms with Gasteiger partial charge in [0.2, 0.25) is 0 Å². The fourth-order valence-corrected chi connectivity index (χ4v) is 3.74. The number of imide groups is 1. The maximum Gasteiger partial charge on any atom is 0.325 e. The topological polar surface area (TPSA) is 78.9 Å². The van der Waals surface area contributed by atoms with Gasteiger partial charge in [-0.25, -0.2) is 4.79 Å². The Morgan fingerprint density at radius 2 is 1.72 bits per heavy atom. The van der Waals surface area contributed by atoms with Crippen molar-refractivity contribution >= 4 is 11.9 Å². The van der Waals surface area contributed by atoms with Crippen LogP contribution in [0.3, 0.4) is 0 Å². The smallest absolute Gasteiger partial charge is 0.325 e. The van der Waals surface area contributed by atoms with Crippen molar-refractivity contribution < 1.29 is 19.4 Å². The van der Waals surface area contributed by atoms with Gasteiger partial charge in [-0.1, -0.05) is 49.4 Å². The Morgan fingerprint density at radius 1 is 1.07 bits per heavy atom. The molecule has 6 nitrogen and oxygen atoms in total. The Hall–Kier alpha value is -2.86. The molecule has 2 aromatic carbocycles. The van der Waals surface area contributed by atoms with Crippen LogP contribution < -0.4 is 10.1 Å². The van der Waals surface area contributed by atoms with E-state index in [1.54, 1.807) is 0 Å². The monoisotopic (exact) mass is 396 g/mol. The summed E-state index contributed by atoms with van der Waals surface area (Å²) in [5, 5.41) is 13.3. The van der Waals surface area contributed by atoms with Gasteiger partial charge in [-0.3, -0.25) is 9.69 Å². The van der Waals surface area contributed by atoms with Crippen molar-refractivity contribution in [1.29, 1.82) is 0 Å². The van der Waals surface area contributed by atoms with E-state index in [9.17, 15) is 14.7 Å². The number of benzene rings is 2. The molecule has 2 aromatic rings. The number of hydrogen-bond acceptors (Lipinski definition) is 4. The van der Waals surface area contributed by atoms with E-state index < -0.39 is 17.7 Å². The molecule has 2 atom stereocenters. The van der Waals surface area contributed by atoms with E-state index >= 15 is 0 Å². The molecular formula is C23H28N2O4. The van der Waals surface area contributed by atoms with E-state index in [2.05, 4.69) is 5.32 Å². The first-order valence-electron chi connectivity index (χ1n) is 9.87. The number of amides is 3. The third kappa shape index (κ3) is 3.85. The molecule has 1 aliphatic heterocycles. The average molecular weight is 396 g/mol. The molecule has 0 aromatic heterocycles. The number of rotatable bonds is 7. The molecule has 6 heteroatoms. The molecule has 0 radical (unpaired) electrons. The lowest BCUT2D eigenvalue weighted by Gasteiger charge is -2.26. The zero-order valence-electron chi connectivity index (χ0n) is 17.4. The molecule has 0 bridgehead atoms. The highest BCUT2D eigenvalue weighted by atomic mass is 16.5. The minimum absolute atomic E-state index is 0.00729. The first-order valence-corrected chi connectivity index (χ1v) is 9.87. The van der Waals surface area contributed by atoms with E-state index in [0.29, 0.717) is 6.42 Å². The summed E-state index contributed by atoms with van der Waals surface area (Å²) >= 11 is 0. The molecule has 3 amide bonds. The van der Waals surface area contributed by atoms with Crippen molar-refractivity contribution in [3.8, 4) is 5.75 Å². The molecule has 1 heterocycles. The zero-order valence-corrected chi connectivity index (χ0v) is 17.4. The Kier molecular flexibility index (Phi) is 5.94. The van der Waals surface area contributed by atoms with Crippen LogP contribution >= 0.6 is 0 Å². The van der Waals surface area contributed by atoms with Crippen LogP contribution in [-0.2, 0) is 10.3 Å². The number of aliphatic hydroxyl groups is 1. The summed E-state index contributed by atoms with van der Waals surface area (Å²) in [7, 11) is 0. The van der Waals surface area contributed by atoms with Crippen molar-refractivity contribution in [1.82, 2.24) is 10.2 Å². The maximum absolute atomic E-state index is 13.1. The predicted octanol–water partition coefficient (Wildman–Crippen LogP) is 3.21. The maximum atomic E-state index is 13.1. The molecule has 1 aliphatic rings. The quantitative estimate of drug-likeness (QED) is 0.705. The number of aliphatic hydroxyl groups excluding tert-OH is 1. The standard InChI is InChI=1S/C23H28N2O4/c1-5-23(18-9-7-6-8-10-18)21(27)25(22(28)24-23)13-19(26)14-29-20-16(3)12-11-15(2)17(20)4/h6-12,19,26H,5,13-14H2,1-4H3,(H,24,28)/t19-,23+/m1/s1. The second kappa shape index (κ2) is 8.25. The van der Waals surface area contributed by atoms with E-state index in [0.717, 1.165) is 32.9 Å². The number of nitrogens with one attached hydrogen (secondary N) is 1. The fourth-order valence-electron chi connectivity index (χ4n) is 3.74. The number of urea groups is 1. The van der Waals surface area contributed by atoms with Crippen LogP contribution in [0, 0.1) is 20.8 Å². The highest BCUT2D eigenvalue weighted by molar-refractivity contribution is 6.07. The molecule has 2 N–H and O–H groups in total. The molecule has 0 spiro atoms. The molecule has 0 saturated carbocycles. The first-order chi connectivity index (χ1) is 13.8. The number of hydrogen-bond donors (Lipinski definition) is 2. The summed E-state index contributed by atoms with van der Waals surface area (Å²) in [6, 6.07) is 12.7. The minimum atomic E-state index is -1.09. The number of β-amino-alcohol motifs (C(OH)–C–C–N with tert-alkyl or cyclic N) is 1. The third-order valence-corrected chi connectivity index (χ3v) is 5.66. The predicted molar refractivity (Wildman–Crippen MR) is 111 cm³/mol. The second-order valence-electron chi connectivity index (χ2n) is 7.59. The molecule has 1 saturated heterocycles. The Bertz CT molecular complexity index is 913. The lowest BCUT2D eigenvalue weighted by atomic mass is 9.87. The molecule has 1 fully saturated rings. The molecular weight excluding hydrogens is 368 g/mol. The van der Waals surface area contributed by atoms with Gasteiger partial charge in [-0.2, -0.15) is 0 Å². The Morgan fingerprint density at radius 3 is 2.38 bits per heavy atom. The number of nitrogens with zero attached hydrogens (tertiary/aromatic N) is 1. The Labute approximate surface area is 171 Å². The third-order valence-electron chi connectivity index (χ3n) is 5.66. The summed E-state index contributed by atoms with van der Waals surface area (Å²) in [4.78, 5) is 26.7. The second-order valence-corrected chi connectivity index (χ2v) is 7.59. The van der Waals surface area contributed by atoms with Gasteiger partial charge < -0.3 is 15.2 Å². The van der Waals surface area contributed by atoms with Crippen LogP contribution in [0.5, 0.6) is 5.75 Å². The van der Waals surface area contributed by atoms with Crippen LogP contribution in [0.25, 0.3) is 0 Å². The van der Waals surface area contributed by atoms with Crippen molar-refractivity contribution in [3.05, 3.63) is 64.7 Å². The number of ether oxygens (including phenoxy) is 1. The zero-order chi connectivity index (χ0) is 21.2. The average Bonchev–Trinajstić information content (AvgIpc) is 2.96. The number of carbonyl (C=O) groups excluding carboxylic acids is 2. The largest absolute Gasteiger partial charge is 0.490 e. The summed E-state index contributed by atoms with van der Waals surface area (Å²) in [5.74, 6) is 0.381. The van der Waals surface area contributed by atoms with Crippen molar-refractivity contribution in [2.45, 2.75) is 45.8 Å². The highest BCUT2D eigenvalue weighted by Gasteiger charge is 2.51. The summed E-state index contributed by atoms with van der Waals surface area (Å²) in [6.45, 7) is 7.64. The van der Waals surface area contributed by atoms with Crippen molar-refractivity contribution in [3.63, 3.8) is 0 Å². The molecule has 0 unspecified atom stereocenters. The normalized spacial score (nSPS) is 20.0. The number of carbonyl (C=O) groups is 2. The van der Waals surface area contributed by atoms with Gasteiger partial charge in [0.05, 0.1) is 6.54 Å². The minimum Gasteiger partial charge on any atom is -0.490 e.